The number of carbonyl (C=O) groups excluding carboxylic acids is 1. The molecular formula is C21H39FNO4P-2. The van der Waals surface area contributed by atoms with E-state index in [1.54, 1.807) is 0 Å². The van der Waals surface area contributed by atoms with Crippen LogP contribution in [0.25, 0.3) is 0 Å². The molecule has 0 saturated heterocycles. The first-order valence-corrected chi connectivity index (χ1v) is 12.6. The molecule has 28 heavy (non-hydrogen) atoms. The monoisotopic (exact) mass is 419 g/mol. The summed E-state index contributed by atoms with van der Waals surface area (Å²) >= 11 is 0. The first-order chi connectivity index (χ1) is 13.4. The van der Waals surface area contributed by atoms with Crippen molar-refractivity contribution in [2.45, 2.75) is 109 Å². The number of alkyl halides is 1. The number of hydrogen-bond donors (Lipinski definition) is 1. The van der Waals surface area contributed by atoms with Crippen LogP contribution in [0.3, 0.4) is 0 Å². The largest absolute Gasteiger partial charge is 0.809 e. The Morgan fingerprint density at radius 3 is 1.96 bits per heavy atom. The molecule has 1 atom stereocenters. The minimum atomic E-state index is -5.19. The summed E-state index contributed by atoms with van der Waals surface area (Å²) in [5, 5.41) is 2.45. The highest BCUT2D eigenvalue weighted by Crippen LogP contribution is 2.34. The van der Waals surface area contributed by atoms with E-state index in [1.807, 2.05) is 0 Å². The summed E-state index contributed by atoms with van der Waals surface area (Å²) in [6.07, 6.45) is 19.9. The molecular weight excluding hydrogens is 380 g/mol. The molecule has 0 saturated carbocycles. The van der Waals surface area contributed by atoms with Gasteiger partial charge in [-0.2, -0.15) is 0 Å². The highest BCUT2D eigenvalue weighted by atomic mass is 31.2. The minimum absolute atomic E-state index is 0.125. The number of hydrogen-bond acceptors (Lipinski definition) is 4. The average Bonchev–Trinajstić information content (AvgIpc) is 2.64. The van der Waals surface area contributed by atoms with E-state index in [2.05, 4.69) is 24.4 Å². The van der Waals surface area contributed by atoms with Crippen molar-refractivity contribution in [3.63, 3.8) is 0 Å². The van der Waals surface area contributed by atoms with Crippen LogP contribution in [0.4, 0.5) is 4.39 Å². The third kappa shape index (κ3) is 18.6. The molecule has 0 fully saturated rings. The Labute approximate surface area is 170 Å². The molecule has 166 valence electrons. The Balaban J connectivity index is 3.35. The molecule has 1 amide bonds. The van der Waals surface area contributed by atoms with Crippen LogP contribution < -0.4 is 15.1 Å². The van der Waals surface area contributed by atoms with Crippen LogP contribution in [0.1, 0.15) is 103 Å². The van der Waals surface area contributed by atoms with Gasteiger partial charge in [-0.15, -0.1) is 0 Å². The van der Waals surface area contributed by atoms with Gasteiger partial charge in [0.15, 0.2) is 0 Å². The Bertz CT molecular complexity index is 454. The number of rotatable bonds is 19. The molecule has 1 unspecified atom stereocenters. The van der Waals surface area contributed by atoms with Gasteiger partial charge in [-0.25, -0.2) is 4.39 Å². The zero-order chi connectivity index (χ0) is 21.1. The van der Waals surface area contributed by atoms with Gasteiger partial charge in [0.25, 0.3) is 0 Å². The number of unbranched alkanes of at least 4 members (excludes halogenated alkanes) is 11. The lowest BCUT2D eigenvalue weighted by atomic mass is 10.1. The Morgan fingerprint density at radius 1 is 0.929 bits per heavy atom. The molecule has 0 radical (unpaired) electrons. The number of allylic oxidation sites excluding steroid dienone is 2. The molecule has 0 spiro atoms. The van der Waals surface area contributed by atoms with Crippen LogP contribution in [-0.4, -0.2) is 18.4 Å². The Kier molecular flexibility index (Phi) is 17.9. The average molecular weight is 420 g/mol. The smallest absolute Gasteiger partial charge is 0.219 e. The molecule has 0 aromatic carbocycles. The predicted molar refractivity (Wildman–Crippen MR) is 110 cm³/mol. The quantitative estimate of drug-likeness (QED) is 0.186. The maximum Gasteiger partial charge on any atom is 0.219 e. The van der Waals surface area contributed by atoms with Gasteiger partial charge in [0.05, 0.1) is 0 Å². The van der Waals surface area contributed by atoms with Crippen molar-refractivity contribution in [1.82, 2.24) is 5.32 Å². The summed E-state index contributed by atoms with van der Waals surface area (Å²) < 4.78 is 23.3. The van der Waals surface area contributed by atoms with Crippen molar-refractivity contribution in [3.8, 4) is 0 Å². The molecule has 0 aliphatic rings. The molecule has 0 bridgehead atoms. The van der Waals surface area contributed by atoms with E-state index in [4.69, 9.17) is 0 Å². The summed E-state index contributed by atoms with van der Waals surface area (Å²) in [4.78, 5) is 32.4. The van der Waals surface area contributed by atoms with Crippen molar-refractivity contribution in [2.24, 2.45) is 0 Å². The fraction of sp³-hybridized carbons (Fsp3) is 0.857. The van der Waals surface area contributed by atoms with Gasteiger partial charge >= 0.3 is 0 Å². The second-order valence-corrected chi connectivity index (χ2v) is 9.09. The summed E-state index contributed by atoms with van der Waals surface area (Å²) in [5.41, 5.74) is 0. The van der Waals surface area contributed by atoms with E-state index in [0.29, 0.717) is 6.42 Å². The first kappa shape index (κ1) is 27.3. The van der Waals surface area contributed by atoms with Crippen LogP contribution >= 0.6 is 7.60 Å². The van der Waals surface area contributed by atoms with Crippen LogP contribution in [0.15, 0.2) is 12.2 Å². The van der Waals surface area contributed by atoms with Crippen LogP contribution in [0.2, 0.25) is 0 Å². The number of carbonyl (C=O) groups is 1. The minimum Gasteiger partial charge on any atom is -0.809 e. The van der Waals surface area contributed by atoms with Gasteiger partial charge in [0.1, 0.15) is 5.91 Å². The molecule has 0 aliphatic heterocycles. The first-order valence-electron chi connectivity index (χ1n) is 11.0. The molecule has 0 heterocycles. The lowest BCUT2D eigenvalue weighted by Gasteiger charge is -2.32. The molecule has 0 aromatic heterocycles. The lowest BCUT2D eigenvalue weighted by molar-refractivity contribution is -0.320. The van der Waals surface area contributed by atoms with Crippen molar-refractivity contribution < 1.29 is 23.5 Å². The highest BCUT2D eigenvalue weighted by molar-refractivity contribution is 7.49. The van der Waals surface area contributed by atoms with Crippen molar-refractivity contribution in [1.29, 1.82) is 0 Å². The molecule has 5 nitrogen and oxygen atoms in total. The van der Waals surface area contributed by atoms with E-state index in [0.717, 1.165) is 32.1 Å². The van der Waals surface area contributed by atoms with E-state index < -0.39 is 19.9 Å². The van der Waals surface area contributed by atoms with Gasteiger partial charge in [0, 0.05) is 19.4 Å². The summed E-state index contributed by atoms with van der Waals surface area (Å²) in [7, 11) is -5.19. The van der Waals surface area contributed by atoms with Gasteiger partial charge in [-0.3, -0.25) is 4.79 Å². The third-order valence-corrected chi connectivity index (χ3v) is 5.66. The van der Waals surface area contributed by atoms with E-state index in [1.165, 1.54) is 51.4 Å². The number of halogens is 1. The molecule has 1 N–H and O–H groups in total. The second kappa shape index (κ2) is 18.3. The van der Waals surface area contributed by atoms with Crippen LogP contribution in [0.5, 0.6) is 0 Å². The topological polar surface area (TPSA) is 92.3 Å². The standard InChI is InChI=1S/C21H41FNO4P/c1-2-3-4-5-6-7-8-9-10-11-12-13-14-15-16-17-21(24)23-19-18-20(22)28(25,26)27/h9-10,20H,2-8,11-19H2,1H3,(H,23,24)(H2,25,26,27)/p-2/b10-9-. The summed E-state index contributed by atoms with van der Waals surface area (Å²) in [5.74, 6) is -2.65. The summed E-state index contributed by atoms with van der Waals surface area (Å²) in [6.45, 7) is 2.11. The fourth-order valence-electron chi connectivity index (χ4n) is 2.93. The molecule has 0 aliphatic carbocycles. The number of amides is 1. The maximum atomic E-state index is 12.9. The lowest BCUT2D eigenvalue weighted by Crippen LogP contribution is -2.29. The second-order valence-electron chi connectivity index (χ2n) is 7.45. The van der Waals surface area contributed by atoms with Crippen molar-refractivity contribution in [3.05, 3.63) is 12.2 Å². The van der Waals surface area contributed by atoms with E-state index in [9.17, 15) is 23.5 Å². The van der Waals surface area contributed by atoms with E-state index in [-0.39, 0.29) is 12.5 Å². The van der Waals surface area contributed by atoms with Gasteiger partial charge < -0.3 is 19.7 Å². The maximum absolute atomic E-state index is 12.9. The SMILES string of the molecule is CCCCCCCC/C=C\CCCCCCCC(=O)NCCC(F)P(=O)([O-])[O-]. The van der Waals surface area contributed by atoms with Crippen LogP contribution in [0, 0.1) is 0 Å². The normalized spacial score (nSPS) is 13.1. The van der Waals surface area contributed by atoms with Gasteiger partial charge in [-0.1, -0.05) is 70.4 Å². The zero-order valence-electron chi connectivity index (χ0n) is 17.5. The van der Waals surface area contributed by atoms with Gasteiger partial charge in [-0.05, 0) is 39.7 Å². The van der Waals surface area contributed by atoms with Crippen LogP contribution in [-0.2, 0) is 9.36 Å². The Morgan fingerprint density at radius 2 is 1.43 bits per heavy atom. The highest BCUT2D eigenvalue weighted by Gasteiger charge is 2.11. The number of nitrogens with one attached hydrogen (secondary N) is 1. The Hall–Kier alpha value is -0.710. The van der Waals surface area contributed by atoms with E-state index >= 15 is 0 Å². The van der Waals surface area contributed by atoms with Crippen molar-refractivity contribution in [2.75, 3.05) is 6.54 Å². The predicted octanol–water partition coefficient (Wildman–Crippen LogP) is 4.74. The van der Waals surface area contributed by atoms with Crippen molar-refractivity contribution >= 4 is 13.5 Å². The molecule has 7 heteroatoms. The fourth-order valence-corrected chi connectivity index (χ4v) is 3.38. The zero-order valence-corrected chi connectivity index (χ0v) is 18.4. The van der Waals surface area contributed by atoms with Gasteiger partial charge in [0.2, 0.25) is 5.91 Å². The molecule has 0 aromatic rings. The molecule has 0 rings (SSSR count). The summed E-state index contributed by atoms with van der Waals surface area (Å²) in [6, 6.07) is 0. The third-order valence-electron chi connectivity index (χ3n) is 4.71.